The van der Waals surface area contributed by atoms with Crippen molar-refractivity contribution in [2.45, 2.75) is 32.7 Å². The minimum atomic E-state index is 0.754. The molecule has 1 aliphatic heterocycles. The van der Waals surface area contributed by atoms with Crippen molar-refractivity contribution in [3.63, 3.8) is 0 Å². The van der Waals surface area contributed by atoms with E-state index in [-0.39, 0.29) is 0 Å². The summed E-state index contributed by atoms with van der Waals surface area (Å²) < 4.78 is 0. The fourth-order valence-corrected chi connectivity index (χ4v) is 1.61. The van der Waals surface area contributed by atoms with E-state index in [1.807, 2.05) is 0 Å². The molecule has 1 aliphatic rings. The first-order valence-electron chi connectivity index (χ1n) is 5.14. The van der Waals surface area contributed by atoms with Crippen molar-refractivity contribution in [1.82, 2.24) is 10.2 Å². The van der Waals surface area contributed by atoms with Gasteiger partial charge in [-0.2, -0.15) is 0 Å². The van der Waals surface area contributed by atoms with E-state index in [1.54, 1.807) is 0 Å². The second-order valence-corrected chi connectivity index (χ2v) is 4.17. The molecule has 0 amide bonds. The van der Waals surface area contributed by atoms with Gasteiger partial charge in [0.1, 0.15) is 0 Å². The lowest BCUT2D eigenvalue weighted by Gasteiger charge is -2.15. The molecule has 0 aromatic carbocycles. The molecule has 0 bridgehead atoms. The van der Waals surface area contributed by atoms with Crippen LogP contribution < -0.4 is 5.32 Å². The first kappa shape index (κ1) is 10.0. The molecule has 0 aliphatic carbocycles. The van der Waals surface area contributed by atoms with Gasteiger partial charge in [-0.15, -0.1) is 0 Å². The van der Waals surface area contributed by atoms with Gasteiger partial charge >= 0.3 is 0 Å². The van der Waals surface area contributed by atoms with Crippen molar-refractivity contribution in [3.8, 4) is 0 Å². The molecule has 1 rings (SSSR count). The van der Waals surface area contributed by atoms with Crippen LogP contribution in [0.1, 0.15) is 26.7 Å². The topological polar surface area (TPSA) is 15.3 Å². The summed E-state index contributed by atoms with van der Waals surface area (Å²) in [5.41, 5.74) is 0. The average molecular weight is 170 g/mol. The van der Waals surface area contributed by atoms with Gasteiger partial charge in [-0.25, -0.2) is 0 Å². The van der Waals surface area contributed by atoms with Gasteiger partial charge in [0.25, 0.3) is 0 Å². The van der Waals surface area contributed by atoms with Crippen LogP contribution in [-0.2, 0) is 0 Å². The Morgan fingerprint density at radius 1 is 1.58 bits per heavy atom. The van der Waals surface area contributed by atoms with Crippen LogP contribution in [0.4, 0.5) is 0 Å². The first-order valence-corrected chi connectivity index (χ1v) is 5.14. The third-order valence-corrected chi connectivity index (χ3v) is 2.84. The lowest BCUT2D eigenvalue weighted by atomic mass is 10.1. The van der Waals surface area contributed by atoms with Crippen LogP contribution in [0, 0.1) is 5.92 Å². The van der Waals surface area contributed by atoms with Gasteiger partial charge in [-0.3, -0.25) is 0 Å². The Kier molecular flexibility index (Phi) is 4.02. The fourth-order valence-electron chi connectivity index (χ4n) is 1.61. The maximum absolute atomic E-state index is 3.62. The van der Waals surface area contributed by atoms with E-state index >= 15 is 0 Å². The third-order valence-electron chi connectivity index (χ3n) is 2.84. The van der Waals surface area contributed by atoms with E-state index in [9.17, 15) is 0 Å². The van der Waals surface area contributed by atoms with Crippen LogP contribution in [0.3, 0.4) is 0 Å². The monoisotopic (exact) mass is 170 g/mol. The summed E-state index contributed by atoms with van der Waals surface area (Å²) in [6.07, 6.45) is 2.61. The highest BCUT2D eigenvalue weighted by Crippen LogP contribution is 2.07. The number of likely N-dealkylation sites (N-methyl/N-ethyl adjacent to an activating group) is 1. The number of likely N-dealkylation sites (tertiary alicyclic amines) is 1. The number of nitrogens with one attached hydrogen (secondary N) is 1. The molecular formula is C10H22N2. The highest BCUT2D eigenvalue weighted by molar-refractivity contribution is 4.79. The van der Waals surface area contributed by atoms with Gasteiger partial charge in [-0.1, -0.05) is 20.3 Å². The molecule has 0 aromatic heterocycles. The molecule has 2 heteroatoms. The van der Waals surface area contributed by atoms with Crippen LogP contribution in [0.25, 0.3) is 0 Å². The van der Waals surface area contributed by atoms with Crippen LogP contribution in [0.15, 0.2) is 0 Å². The summed E-state index contributed by atoms with van der Waals surface area (Å²) in [5, 5.41) is 3.62. The minimum absolute atomic E-state index is 0.754. The van der Waals surface area contributed by atoms with Gasteiger partial charge in [0, 0.05) is 12.6 Å². The predicted molar refractivity (Wildman–Crippen MR) is 53.4 cm³/mol. The molecule has 1 fully saturated rings. The molecule has 2 nitrogen and oxygen atoms in total. The van der Waals surface area contributed by atoms with Crippen LogP contribution >= 0.6 is 0 Å². The van der Waals surface area contributed by atoms with Crippen molar-refractivity contribution in [2.24, 2.45) is 5.92 Å². The highest BCUT2D eigenvalue weighted by atomic mass is 15.2. The average Bonchev–Trinajstić information content (AvgIpc) is 2.47. The second-order valence-electron chi connectivity index (χ2n) is 4.17. The highest BCUT2D eigenvalue weighted by Gasteiger charge is 2.18. The lowest BCUT2D eigenvalue weighted by molar-refractivity contribution is 0.386. The van der Waals surface area contributed by atoms with Gasteiger partial charge in [0.2, 0.25) is 0 Å². The number of rotatable bonds is 4. The van der Waals surface area contributed by atoms with E-state index in [2.05, 4.69) is 31.1 Å². The summed E-state index contributed by atoms with van der Waals surface area (Å²) in [6, 6.07) is 0.754. The van der Waals surface area contributed by atoms with Crippen LogP contribution in [0.5, 0.6) is 0 Å². The summed E-state index contributed by atoms with van der Waals surface area (Å²) in [4.78, 5) is 2.40. The Morgan fingerprint density at radius 2 is 2.33 bits per heavy atom. The zero-order valence-corrected chi connectivity index (χ0v) is 8.64. The molecule has 0 aromatic rings. The standard InChI is InChI=1S/C10H22N2/c1-4-9(2)7-11-10-5-6-12(3)8-10/h9-11H,4-8H2,1-3H3. The normalized spacial score (nSPS) is 27.8. The Hall–Kier alpha value is -0.0800. The molecule has 0 spiro atoms. The zero-order chi connectivity index (χ0) is 8.97. The molecule has 12 heavy (non-hydrogen) atoms. The minimum Gasteiger partial charge on any atom is -0.312 e. The second kappa shape index (κ2) is 4.83. The van der Waals surface area contributed by atoms with Gasteiger partial charge in [0.15, 0.2) is 0 Å². The maximum Gasteiger partial charge on any atom is 0.0207 e. The number of hydrogen-bond donors (Lipinski definition) is 1. The van der Waals surface area contributed by atoms with E-state index in [1.165, 1.54) is 32.5 Å². The molecule has 0 saturated carbocycles. The first-order chi connectivity index (χ1) is 5.72. The fraction of sp³-hybridized carbons (Fsp3) is 1.00. The van der Waals surface area contributed by atoms with E-state index in [4.69, 9.17) is 0 Å². The van der Waals surface area contributed by atoms with E-state index in [0.717, 1.165) is 12.0 Å². The molecule has 1 N–H and O–H groups in total. The number of hydrogen-bond acceptors (Lipinski definition) is 2. The molecule has 1 saturated heterocycles. The Labute approximate surface area is 76.3 Å². The lowest BCUT2D eigenvalue weighted by Crippen LogP contribution is -2.34. The SMILES string of the molecule is CCC(C)CNC1CCN(C)C1. The van der Waals surface area contributed by atoms with Gasteiger partial charge in [0.05, 0.1) is 0 Å². The molecule has 0 radical (unpaired) electrons. The maximum atomic E-state index is 3.62. The van der Waals surface area contributed by atoms with Crippen molar-refractivity contribution < 1.29 is 0 Å². The van der Waals surface area contributed by atoms with Crippen LogP contribution in [0.2, 0.25) is 0 Å². The van der Waals surface area contributed by atoms with Crippen molar-refractivity contribution in [1.29, 1.82) is 0 Å². The van der Waals surface area contributed by atoms with Crippen molar-refractivity contribution in [2.75, 3.05) is 26.7 Å². The summed E-state index contributed by atoms with van der Waals surface area (Å²) in [7, 11) is 2.20. The van der Waals surface area contributed by atoms with Crippen molar-refractivity contribution in [3.05, 3.63) is 0 Å². The van der Waals surface area contributed by atoms with Crippen LogP contribution in [-0.4, -0.2) is 37.6 Å². The largest absolute Gasteiger partial charge is 0.312 e. The summed E-state index contributed by atoms with van der Waals surface area (Å²) in [5.74, 6) is 0.830. The zero-order valence-electron chi connectivity index (χ0n) is 8.64. The Balaban J connectivity index is 2.07. The quantitative estimate of drug-likeness (QED) is 0.684. The van der Waals surface area contributed by atoms with Crippen molar-refractivity contribution >= 4 is 0 Å². The van der Waals surface area contributed by atoms with E-state index < -0.39 is 0 Å². The molecule has 2 atom stereocenters. The van der Waals surface area contributed by atoms with E-state index in [0.29, 0.717) is 0 Å². The number of nitrogens with zero attached hydrogens (tertiary/aromatic N) is 1. The molecular weight excluding hydrogens is 148 g/mol. The summed E-state index contributed by atoms with van der Waals surface area (Å²) in [6.45, 7) is 8.25. The molecule has 2 unspecified atom stereocenters. The predicted octanol–water partition coefficient (Wildman–Crippen LogP) is 1.33. The molecule has 1 heterocycles. The van der Waals surface area contributed by atoms with Gasteiger partial charge in [-0.05, 0) is 32.5 Å². The van der Waals surface area contributed by atoms with Gasteiger partial charge < -0.3 is 10.2 Å². The molecule has 72 valence electrons. The third kappa shape index (κ3) is 3.11. The Morgan fingerprint density at radius 3 is 2.83 bits per heavy atom. The summed E-state index contributed by atoms with van der Waals surface area (Å²) >= 11 is 0. The smallest absolute Gasteiger partial charge is 0.0207 e. The Bertz CT molecular complexity index is 125.